The minimum Gasteiger partial charge on any atom is -0.485 e. The molecule has 1 heterocycles. The van der Waals surface area contributed by atoms with Gasteiger partial charge in [-0.1, -0.05) is 11.2 Å². The highest BCUT2D eigenvalue weighted by Crippen LogP contribution is 2.21. The van der Waals surface area contributed by atoms with Crippen molar-refractivity contribution >= 4 is 5.78 Å². The Hall–Kier alpha value is -2.17. The molecule has 0 amide bonds. The molecule has 0 unspecified atom stereocenters. The number of carbonyl (C=O) groups is 1. The number of benzene rings is 1. The quantitative estimate of drug-likeness (QED) is 0.775. The number of hydrogen-bond donors (Lipinski definition) is 0. The van der Waals surface area contributed by atoms with Gasteiger partial charge in [-0.05, 0) is 31.5 Å². The van der Waals surface area contributed by atoms with Gasteiger partial charge in [-0.25, -0.2) is 0 Å². The first-order valence-corrected chi connectivity index (χ1v) is 5.60. The van der Waals surface area contributed by atoms with Crippen LogP contribution >= 0.6 is 0 Å². The summed E-state index contributed by atoms with van der Waals surface area (Å²) < 4.78 is 10.4. The molecule has 0 N–H and O–H groups in total. The van der Waals surface area contributed by atoms with Crippen molar-refractivity contribution in [2.24, 2.45) is 0 Å². The molecule has 5 heteroatoms. The summed E-state index contributed by atoms with van der Waals surface area (Å²) in [5, 5.41) is 3.73. The summed E-state index contributed by atoms with van der Waals surface area (Å²) in [6, 6.07) is 5.46. The molecule has 0 spiro atoms. The highest BCUT2D eigenvalue weighted by molar-refractivity contribution is 5.96. The van der Waals surface area contributed by atoms with Crippen molar-refractivity contribution in [2.75, 3.05) is 0 Å². The molecule has 0 aliphatic carbocycles. The number of ketones is 1. The van der Waals surface area contributed by atoms with Gasteiger partial charge in [-0.3, -0.25) is 4.79 Å². The van der Waals surface area contributed by atoms with E-state index in [-0.39, 0.29) is 12.4 Å². The second-order valence-electron chi connectivity index (χ2n) is 4.07. The number of aromatic nitrogens is 2. The van der Waals surface area contributed by atoms with Crippen LogP contribution in [0.15, 0.2) is 22.7 Å². The average Bonchev–Trinajstić information content (AvgIpc) is 2.72. The monoisotopic (exact) mass is 246 g/mol. The topological polar surface area (TPSA) is 65.2 Å². The number of aryl methyl sites for hydroxylation is 2. The zero-order chi connectivity index (χ0) is 13.1. The Morgan fingerprint density at radius 2 is 2.17 bits per heavy atom. The van der Waals surface area contributed by atoms with Crippen LogP contribution in [-0.2, 0) is 6.61 Å². The van der Waals surface area contributed by atoms with Gasteiger partial charge in [-0.15, -0.1) is 0 Å². The van der Waals surface area contributed by atoms with Crippen LogP contribution < -0.4 is 4.74 Å². The second kappa shape index (κ2) is 5.00. The maximum absolute atomic E-state index is 11.5. The number of nitrogens with zero attached hydrogens (tertiary/aromatic N) is 2. The standard InChI is InChI=1S/C13H14N2O3/c1-8-4-5-11(9(2)16)12(6-8)17-7-13-14-10(3)18-15-13/h4-6H,7H2,1-3H3. The van der Waals surface area contributed by atoms with E-state index in [9.17, 15) is 4.79 Å². The van der Waals surface area contributed by atoms with Crippen LogP contribution in [0.2, 0.25) is 0 Å². The van der Waals surface area contributed by atoms with Gasteiger partial charge < -0.3 is 9.26 Å². The lowest BCUT2D eigenvalue weighted by Crippen LogP contribution is -2.03. The zero-order valence-electron chi connectivity index (χ0n) is 10.6. The Bertz CT molecular complexity index is 575. The molecule has 5 nitrogen and oxygen atoms in total. The van der Waals surface area contributed by atoms with E-state index in [1.807, 2.05) is 19.1 Å². The van der Waals surface area contributed by atoms with Crippen LogP contribution in [0, 0.1) is 13.8 Å². The smallest absolute Gasteiger partial charge is 0.223 e. The number of Topliss-reactive ketones (excluding diaryl/α,β-unsaturated/α-hetero) is 1. The SMILES string of the molecule is CC(=O)c1ccc(C)cc1OCc1noc(C)n1. The number of carbonyl (C=O) groups excluding carboxylic acids is 1. The van der Waals surface area contributed by atoms with Crippen LogP contribution in [0.4, 0.5) is 0 Å². The molecule has 0 fully saturated rings. The molecule has 18 heavy (non-hydrogen) atoms. The third kappa shape index (κ3) is 2.74. The lowest BCUT2D eigenvalue weighted by Gasteiger charge is -2.08. The van der Waals surface area contributed by atoms with Crippen molar-refractivity contribution in [3.8, 4) is 5.75 Å². The van der Waals surface area contributed by atoms with Crippen molar-refractivity contribution < 1.29 is 14.1 Å². The van der Waals surface area contributed by atoms with Gasteiger partial charge in [0.15, 0.2) is 12.4 Å². The molecular weight excluding hydrogens is 232 g/mol. The fraction of sp³-hybridized carbons (Fsp3) is 0.308. The average molecular weight is 246 g/mol. The fourth-order valence-corrected chi connectivity index (χ4v) is 1.58. The van der Waals surface area contributed by atoms with E-state index in [1.165, 1.54) is 6.92 Å². The van der Waals surface area contributed by atoms with Crippen LogP contribution in [0.1, 0.15) is 34.6 Å². The molecule has 0 aliphatic rings. The van der Waals surface area contributed by atoms with Crippen molar-refractivity contribution in [1.82, 2.24) is 10.1 Å². The largest absolute Gasteiger partial charge is 0.485 e. The lowest BCUT2D eigenvalue weighted by atomic mass is 10.1. The molecule has 0 saturated heterocycles. The summed E-state index contributed by atoms with van der Waals surface area (Å²) >= 11 is 0. The highest BCUT2D eigenvalue weighted by atomic mass is 16.5. The van der Waals surface area contributed by atoms with Crippen LogP contribution in [0.3, 0.4) is 0 Å². The van der Waals surface area contributed by atoms with Gasteiger partial charge in [0.2, 0.25) is 11.7 Å². The van der Waals surface area contributed by atoms with E-state index in [0.29, 0.717) is 23.0 Å². The molecule has 0 saturated carbocycles. The molecule has 0 bridgehead atoms. The minimum atomic E-state index is -0.0331. The van der Waals surface area contributed by atoms with Crippen molar-refractivity contribution in [1.29, 1.82) is 0 Å². The predicted octanol–water partition coefficient (Wildman–Crippen LogP) is 2.47. The van der Waals surface area contributed by atoms with Crippen molar-refractivity contribution in [2.45, 2.75) is 27.4 Å². The molecule has 1 aromatic heterocycles. The van der Waals surface area contributed by atoms with Crippen LogP contribution in [0.5, 0.6) is 5.75 Å². The summed E-state index contributed by atoms with van der Waals surface area (Å²) in [5.74, 6) is 1.47. The van der Waals surface area contributed by atoms with Gasteiger partial charge in [-0.2, -0.15) is 4.98 Å². The Morgan fingerprint density at radius 3 is 2.78 bits per heavy atom. The van der Waals surface area contributed by atoms with E-state index in [2.05, 4.69) is 10.1 Å². The molecule has 0 radical (unpaired) electrons. The second-order valence-corrected chi connectivity index (χ2v) is 4.07. The maximum Gasteiger partial charge on any atom is 0.223 e. The highest BCUT2D eigenvalue weighted by Gasteiger charge is 2.10. The van der Waals surface area contributed by atoms with Crippen molar-refractivity contribution in [3.63, 3.8) is 0 Å². The third-order valence-corrected chi connectivity index (χ3v) is 2.44. The third-order valence-electron chi connectivity index (χ3n) is 2.44. The summed E-state index contributed by atoms with van der Waals surface area (Å²) in [5.41, 5.74) is 1.58. The normalized spacial score (nSPS) is 10.4. The van der Waals surface area contributed by atoms with Crippen LogP contribution in [-0.4, -0.2) is 15.9 Å². The van der Waals surface area contributed by atoms with Crippen LogP contribution in [0.25, 0.3) is 0 Å². The lowest BCUT2D eigenvalue weighted by molar-refractivity contribution is 0.101. The number of ether oxygens (including phenoxy) is 1. The molecule has 94 valence electrons. The first kappa shape index (κ1) is 12.3. The fourth-order valence-electron chi connectivity index (χ4n) is 1.58. The summed E-state index contributed by atoms with van der Waals surface area (Å²) in [4.78, 5) is 15.5. The van der Waals surface area contributed by atoms with Crippen molar-refractivity contribution in [3.05, 3.63) is 41.0 Å². The first-order valence-electron chi connectivity index (χ1n) is 5.60. The minimum absolute atomic E-state index is 0.0331. The molecule has 1 aromatic carbocycles. The van der Waals surface area contributed by atoms with E-state index in [4.69, 9.17) is 9.26 Å². The number of rotatable bonds is 4. The molecule has 2 aromatic rings. The van der Waals surface area contributed by atoms with E-state index >= 15 is 0 Å². The van der Waals surface area contributed by atoms with Gasteiger partial charge in [0, 0.05) is 6.92 Å². The predicted molar refractivity (Wildman–Crippen MR) is 64.6 cm³/mol. The van der Waals surface area contributed by atoms with E-state index in [0.717, 1.165) is 5.56 Å². The summed E-state index contributed by atoms with van der Waals surface area (Å²) in [6.45, 7) is 5.34. The number of hydrogen-bond acceptors (Lipinski definition) is 5. The maximum atomic E-state index is 11.5. The Labute approximate surface area is 105 Å². The molecule has 0 aliphatic heterocycles. The van der Waals surface area contributed by atoms with Gasteiger partial charge >= 0.3 is 0 Å². The van der Waals surface area contributed by atoms with E-state index < -0.39 is 0 Å². The van der Waals surface area contributed by atoms with Gasteiger partial charge in [0.25, 0.3) is 0 Å². The Kier molecular flexibility index (Phi) is 3.41. The summed E-state index contributed by atoms with van der Waals surface area (Å²) in [6.07, 6.45) is 0. The van der Waals surface area contributed by atoms with E-state index in [1.54, 1.807) is 13.0 Å². The molecule has 2 rings (SSSR count). The van der Waals surface area contributed by atoms with Gasteiger partial charge in [0.05, 0.1) is 5.56 Å². The van der Waals surface area contributed by atoms with Gasteiger partial charge in [0.1, 0.15) is 5.75 Å². The molecule has 0 atom stereocenters. The molecular formula is C13H14N2O3. The summed E-state index contributed by atoms with van der Waals surface area (Å²) in [7, 11) is 0. The Morgan fingerprint density at radius 1 is 1.39 bits per heavy atom. The first-order chi connectivity index (χ1) is 8.56. The Balaban J connectivity index is 2.17. The zero-order valence-corrected chi connectivity index (χ0v) is 10.6.